The molecule has 8 heteroatoms. The number of aliphatic hydroxyl groups is 1. The molecule has 1 saturated heterocycles. The summed E-state index contributed by atoms with van der Waals surface area (Å²) < 4.78 is 16.5. The first kappa shape index (κ1) is 28.9. The van der Waals surface area contributed by atoms with Crippen molar-refractivity contribution in [1.29, 1.82) is 0 Å². The van der Waals surface area contributed by atoms with Crippen LogP contribution in [0.25, 0.3) is 0 Å². The fourth-order valence-corrected chi connectivity index (χ4v) is 5.48. The van der Waals surface area contributed by atoms with E-state index in [-0.39, 0.29) is 11.7 Å². The smallest absolute Gasteiger partial charge is 0.220 e. The number of ether oxygens (including phenoxy) is 3. The van der Waals surface area contributed by atoms with E-state index in [1.165, 1.54) is 0 Å². The van der Waals surface area contributed by atoms with E-state index in [0.717, 1.165) is 31.4 Å². The second kappa shape index (κ2) is 13.8. The molecule has 1 amide bonds. The Hall–Kier alpha value is -3.10. The summed E-state index contributed by atoms with van der Waals surface area (Å²) in [7, 11) is 1.60. The van der Waals surface area contributed by atoms with Crippen molar-refractivity contribution in [2.24, 2.45) is 0 Å². The molecule has 2 aromatic rings. The zero-order chi connectivity index (χ0) is 27.8. The zero-order valence-electron chi connectivity index (χ0n) is 23.4. The summed E-state index contributed by atoms with van der Waals surface area (Å²) in [5, 5.41) is 14.5. The van der Waals surface area contributed by atoms with Crippen molar-refractivity contribution in [1.82, 2.24) is 10.2 Å². The summed E-state index contributed by atoms with van der Waals surface area (Å²) in [6, 6.07) is 13.0. The van der Waals surface area contributed by atoms with Gasteiger partial charge in [0, 0.05) is 37.0 Å². The van der Waals surface area contributed by atoms with E-state index in [4.69, 9.17) is 14.2 Å². The third-order valence-electron chi connectivity index (χ3n) is 7.90. The number of carbonyl (C=O) groups excluding carboxylic acids is 2. The second-order valence-corrected chi connectivity index (χ2v) is 10.7. The molecule has 0 spiro atoms. The number of methoxy groups -OCH3 is 1. The molecule has 4 rings (SSSR count). The first-order valence-electron chi connectivity index (χ1n) is 14.2. The Morgan fingerprint density at radius 2 is 1.64 bits per heavy atom. The number of amides is 1. The molecule has 1 fully saturated rings. The maximum absolute atomic E-state index is 13.0. The van der Waals surface area contributed by atoms with Crippen molar-refractivity contribution >= 4 is 11.7 Å². The van der Waals surface area contributed by atoms with Crippen LogP contribution in [0.15, 0.2) is 42.5 Å². The number of hydrogen-bond donors (Lipinski definition) is 2. The Morgan fingerprint density at radius 1 is 0.974 bits per heavy atom. The van der Waals surface area contributed by atoms with E-state index in [1.54, 1.807) is 31.4 Å². The van der Waals surface area contributed by atoms with Crippen LogP contribution in [0.3, 0.4) is 0 Å². The van der Waals surface area contributed by atoms with Crippen LogP contribution in [0.5, 0.6) is 17.2 Å². The van der Waals surface area contributed by atoms with Crippen LogP contribution in [0.4, 0.5) is 0 Å². The van der Waals surface area contributed by atoms with Crippen LogP contribution < -0.4 is 19.5 Å². The first-order valence-corrected chi connectivity index (χ1v) is 14.2. The largest absolute Gasteiger partial charge is 0.497 e. The molecule has 2 aliphatic heterocycles. The van der Waals surface area contributed by atoms with Gasteiger partial charge in [-0.25, -0.2) is 0 Å². The van der Waals surface area contributed by atoms with Gasteiger partial charge in [-0.2, -0.15) is 0 Å². The molecule has 0 unspecified atom stereocenters. The number of fused-ring (bicyclic) bond motifs is 1. The predicted octanol–water partition coefficient (Wildman–Crippen LogP) is 4.69. The molecule has 8 nitrogen and oxygen atoms in total. The standard InChI is InChI=1S/C31H42N2O6/c1-21-9-10-22(2)33(21)20-26(31(36)24-13-16-28-29(19-24)39-18-17-38-28)32-30(35)8-6-4-5-7-27(34)23-11-14-25(37-3)15-12-23/h11-16,19,21-22,26,31,36H,4-10,17-18,20H2,1-3H3,(H,32,35)/t21-,22-,26-,31-/m1/s1. The maximum atomic E-state index is 13.0. The SMILES string of the molecule is COc1ccc(C(=O)CCCCCC(=O)N[C@H](CN2[C@H](C)CC[C@H]2C)[C@H](O)c2ccc3c(c2)OCCO3)cc1. The van der Waals surface area contributed by atoms with Crippen LogP contribution in [0.2, 0.25) is 0 Å². The number of nitrogens with zero attached hydrogens (tertiary/aromatic N) is 1. The van der Waals surface area contributed by atoms with Crippen LogP contribution in [0, 0.1) is 0 Å². The highest BCUT2D eigenvalue weighted by molar-refractivity contribution is 5.96. The Labute approximate surface area is 231 Å². The summed E-state index contributed by atoms with van der Waals surface area (Å²) in [6.45, 7) is 5.95. The number of benzene rings is 2. The van der Waals surface area contributed by atoms with Gasteiger partial charge < -0.3 is 24.6 Å². The van der Waals surface area contributed by atoms with E-state index >= 15 is 0 Å². The molecule has 0 aromatic heterocycles. The quantitative estimate of drug-likeness (QED) is 0.282. The number of ketones is 1. The fourth-order valence-electron chi connectivity index (χ4n) is 5.48. The van der Waals surface area contributed by atoms with Gasteiger partial charge in [0.05, 0.1) is 13.2 Å². The molecule has 0 saturated carbocycles. The maximum Gasteiger partial charge on any atom is 0.220 e. The van der Waals surface area contributed by atoms with Gasteiger partial charge in [-0.1, -0.05) is 12.5 Å². The lowest BCUT2D eigenvalue weighted by molar-refractivity contribution is -0.123. The van der Waals surface area contributed by atoms with Gasteiger partial charge in [-0.05, 0) is 81.5 Å². The Balaban J connectivity index is 1.30. The lowest BCUT2D eigenvalue weighted by Crippen LogP contribution is -2.49. The number of unbranched alkanes of at least 4 members (excludes halogenated alkanes) is 2. The summed E-state index contributed by atoms with van der Waals surface area (Å²) in [5.74, 6) is 2.03. The van der Waals surface area contributed by atoms with E-state index in [9.17, 15) is 14.7 Å². The average molecular weight is 539 g/mol. The monoisotopic (exact) mass is 538 g/mol. The van der Waals surface area contributed by atoms with Crippen molar-refractivity contribution in [2.45, 2.75) is 83.0 Å². The number of rotatable bonds is 13. The summed E-state index contributed by atoms with van der Waals surface area (Å²) in [4.78, 5) is 27.8. The second-order valence-electron chi connectivity index (χ2n) is 10.7. The van der Waals surface area contributed by atoms with Gasteiger partial charge >= 0.3 is 0 Å². The molecule has 2 N–H and O–H groups in total. The molecular weight excluding hydrogens is 496 g/mol. The van der Waals surface area contributed by atoms with E-state index in [2.05, 4.69) is 24.1 Å². The number of aliphatic hydroxyl groups excluding tert-OH is 1. The molecule has 4 atom stereocenters. The molecule has 0 radical (unpaired) electrons. The number of Topliss-reactive ketones (excluding diaryl/α,β-unsaturated/α-hetero) is 1. The van der Waals surface area contributed by atoms with E-state index < -0.39 is 12.1 Å². The molecule has 2 aromatic carbocycles. The number of carbonyl (C=O) groups is 2. The van der Waals surface area contributed by atoms with Gasteiger partial charge in [0.15, 0.2) is 17.3 Å². The molecule has 0 aliphatic carbocycles. The number of likely N-dealkylation sites (tertiary alicyclic amines) is 1. The van der Waals surface area contributed by atoms with Crippen molar-refractivity contribution in [3.63, 3.8) is 0 Å². The first-order chi connectivity index (χ1) is 18.9. The van der Waals surface area contributed by atoms with Crippen LogP contribution in [-0.4, -0.2) is 66.7 Å². The van der Waals surface area contributed by atoms with Crippen molar-refractivity contribution < 1.29 is 28.9 Å². The topological polar surface area (TPSA) is 97.3 Å². The molecule has 2 aliphatic rings. The molecule has 39 heavy (non-hydrogen) atoms. The lowest BCUT2D eigenvalue weighted by Gasteiger charge is -2.33. The summed E-state index contributed by atoms with van der Waals surface area (Å²) >= 11 is 0. The van der Waals surface area contributed by atoms with Gasteiger partial charge in [-0.3, -0.25) is 14.5 Å². The van der Waals surface area contributed by atoms with E-state index in [0.29, 0.717) is 73.7 Å². The minimum atomic E-state index is -0.883. The summed E-state index contributed by atoms with van der Waals surface area (Å²) in [6.07, 6.45) is 4.33. The molecule has 2 heterocycles. The normalized spacial score (nSPS) is 20.3. The van der Waals surface area contributed by atoms with Crippen LogP contribution in [-0.2, 0) is 4.79 Å². The van der Waals surface area contributed by atoms with Gasteiger partial charge in [0.25, 0.3) is 0 Å². The van der Waals surface area contributed by atoms with Crippen LogP contribution in [0.1, 0.15) is 80.8 Å². The van der Waals surface area contributed by atoms with E-state index in [1.807, 2.05) is 18.2 Å². The number of nitrogens with one attached hydrogen (secondary N) is 1. The minimum Gasteiger partial charge on any atom is -0.497 e. The zero-order valence-corrected chi connectivity index (χ0v) is 23.4. The predicted molar refractivity (Wildman–Crippen MR) is 150 cm³/mol. The fraction of sp³-hybridized carbons (Fsp3) is 0.548. The van der Waals surface area contributed by atoms with Gasteiger partial charge in [0.2, 0.25) is 5.91 Å². The third-order valence-corrected chi connectivity index (χ3v) is 7.90. The molecular formula is C31H42N2O6. The minimum absolute atomic E-state index is 0.0856. The molecule has 212 valence electrons. The summed E-state index contributed by atoms with van der Waals surface area (Å²) in [5.41, 5.74) is 1.37. The Bertz CT molecular complexity index is 1090. The van der Waals surface area contributed by atoms with Crippen LogP contribution >= 0.6 is 0 Å². The average Bonchev–Trinajstić information content (AvgIpc) is 3.28. The van der Waals surface area contributed by atoms with Crippen molar-refractivity contribution in [3.05, 3.63) is 53.6 Å². The van der Waals surface area contributed by atoms with Gasteiger partial charge in [0.1, 0.15) is 25.1 Å². The van der Waals surface area contributed by atoms with Crippen molar-refractivity contribution in [2.75, 3.05) is 26.9 Å². The lowest BCUT2D eigenvalue weighted by atomic mass is 9.99. The third kappa shape index (κ3) is 7.73. The number of hydrogen-bond acceptors (Lipinski definition) is 7. The van der Waals surface area contributed by atoms with Crippen molar-refractivity contribution in [3.8, 4) is 17.2 Å². The van der Waals surface area contributed by atoms with Gasteiger partial charge in [-0.15, -0.1) is 0 Å². The highest BCUT2D eigenvalue weighted by atomic mass is 16.6. The Kier molecular flexibility index (Phi) is 10.2. The highest BCUT2D eigenvalue weighted by Gasteiger charge is 2.33. The highest BCUT2D eigenvalue weighted by Crippen LogP contribution is 2.34. The Morgan fingerprint density at radius 3 is 2.33 bits per heavy atom. The molecule has 0 bridgehead atoms.